The highest BCUT2D eigenvalue weighted by Gasteiger charge is 2.38. The molecule has 1 aromatic heterocycles. The number of nitrogens with one attached hydrogen (secondary N) is 1. The minimum absolute atomic E-state index is 0.0996. The van der Waals surface area contributed by atoms with Crippen LogP contribution in [0.15, 0.2) is 0 Å². The average molecular weight is 278 g/mol. The van der Waals surface area contributed by atoms with Gasteiger partial charge in [0, 0.05) is 4.88 Å². The van der Waals surface area contributed by atoms with E-state index in [4.69, 9.17) is 4.98 Å². The van der Waals surface area contributed by atoms with Gasteiger partial charge in [0.25, 0.3) is 0 Å². The molecule has 1 fully saturated rings. The monoisotopic (exact) mass is 278 g/mol. The molecular weight excluding hydrogens is 252 g/mol. The van der Waals surface area contributed by atoms with Crippen LogP contribution in [0.4, 0.5) is 0 Å². The van der Waals surface area contributed by atoms with E-state index in [0.29, 0.717) is 0 Å². The normalized spacial score (nSPS) is 23.9. The van der Waals surface area contributed by atoms with E-state index in [-0.39, 0.29) is 5.54 Å². The number of hydrogen-bond donors (Lipinski definition) is 1. The zero-order valence-corrected chi connectivity index (χ0v) is 13.1. The third-order valence-electron chi connectivity index (χ3n) is 5.23. The molecule has 1 N–H and O–H groups in total. The van der Waals surface area contributed by atoms with E-state index in [1.165, 1.54) is 68.5 Å². The number of rotatable bonds is 3. The van der Waals surface area contributed by atoms with Crippen molar-refractivity contribution in [1.82, 2.24) is 10.3 Å². The maximum atomic E-state index is 5.02. The lowest BCUT2D eigenvalue weighted by atomic mass is 9.76. The molecule has 19 heavy (non-hydrogen) atoms. The van der Waals surface area contributed by atoms with E-state index >= 15 is 0 Å². The predicted molar refractivity (Wildman–Crippen MR) is 81.7 cm³/mol. The number of aromatic nitrogens is 1. The van der Waals surface area contributed by atoms with Crippen molar-refractivity contribution in [3.8, 4) is 0 Å². The first-order chi connectivity index (χ1) is 9.24. The van der Waals surface area contributed by atoms with E-state index in [9.17, 15) is 0 Å². The molecule has 3 rings (SSSR count). The molecule has 0 radical (unpaired) electrons. The second-order valence-electron chi connectivity index (χ2n) is 6.38. The fraction of sp³-hybridized carbons (Fsp3) is 0.812. The number of nitrogens with zero attached hydrogens (tertiary/aromatic N) is 1. The van der Waals surface area contributed by atoms with Gasteiger partial charge in [0.15, 0.2) is 0 Å². The summed E-state index contributed by atoms with van der Waals surface area (Å²) in [5.41, 5.74) is 1.51. The Hall–Kier alpha value is -0.410. The van der Waals surface area contributed by atoms with Crippen LogP contribution >= 0.6 is 11.3 Å². The second kappa shape index (κ2) is 5.53. The largest absolute Gasteiger partial charge is 0.308 e. The Morgan fingerprint density at radius 1 is 1.11 bits per heavy atom. The van der Waals surface area contributed by atoms with Crippen molar-refractivity contribution < 1.29 is 0 Å². The molecule has 0 aromatic carbocycles. The molecule has 0 aliphatic heterocycles. The standard InChI is InChI=1S/C16H26N2S/c1-16(17-2,12-8-4-3-5-9-12)15-18-13-10-6-7-11-14(13)19-15/h12,17H,3-11H2,1-2H3. The Morgan fingerprint density at radius 3 is 2.53 bits per heavy atom. The van der Waals surface area contributed by atoms with Crippen LogP contribution in [0.25, 0.3) is 0 Å². The van der Waals surface area contributed by atoms with Gasteiger partial charge in [-0.1, -0.05) is 19.3 Å². The minimum atomic E-state index is 0.0996. The lowest BCUT2D eigenvalue weighted by molar-refractivity contribution is 0.187. The van der Waals surface area contributed by atoms with Gasteiger partial charge < -0.3 is 5.32 Å². The van der Waals surface area contributed by atoms with Gasteiger partial charge in [0.05, 0.1) is 11.2 Å². The molecule has 0 saturated heterocycles. The predicted octanol–water partition coefficient (Wildman–Crippen LogP) is 4.04. The molecule has 0 bridgehead atoms. The van der Waals surface area contributed by atoms with Gasteiger partial charge in [-0.15, -0.1) is 11.3 Å². The van der Waals surface area contributed by atoms with E-state index < -0.39 is 0 Å². The van der Waals surface area contributed by atoms with Crippen LogP contribution in [0.3, 0.4) is 0 Å². The van der Waals surface area contributed by atoms with Crippen LogP contribution in [0.2, 0.25) is 0 Å². The van der Waals surface area contributed by atoms with Crippen LogP contribution in [0.1, 0.15) is 67.4 Å². The molecule has 1 aromatic rings. The Balaban J connectivity index is 1.89. The van der Waals surface area contributed by atoms with Gasteiger partial charge in [-0.25, -0.2) is 4.98 Å². The van der Waals surface area contributed by atoms with Crippen LogP contribution in [0, 0.1) is 5.92 Å². The Kier molecular flexibility index (Phi) is 3.95. The Labute approximate surface area is 121 Å². The minimum Gasteiger partial charge on any atom is -0.308 e. The molecule has 1 unspecified atom stereocenters. The highest BCUT2D eigenvalue weighted by atomic mass is 32.1. The summed E-state index contributed by atoms with van der Waals surface area (Å²) in [6.45, 7) is 2.38. The first kappa shape index (κ1) is 13.6. The molecule has 1 saturated carbocycles. The van der Waals surface area contributed by atoms with Gasteiger partial charge in [0.1, 0.15) is 5.01 Å². The summed E-state index contributed by atoms with van der Waals surface area (Å²) in [6.07, 6.45) is 12.1. The number of thiazole rings is 1. The molecule has 3 heteroatoms. The summed E-state index contributed by atoms with van der Waals surface area (Å²) >= 11 is 1.99. The topological polar surface area (TPSA) is 24.9 Å². The van der Waals surface area contributed by atoms with Gasteiger partial charge in [-0.3, -0.25) is 0 Å². The molecular formula is C16H26N2S. The number of hydrogen-bond acceptors (Lipinski definition) is 3. The molecule has 106 valence electrons. The van der Waals surface area contributed by atoms with Crippen LogP contribution < -0.4 is 5.32 Å². The Bertz CT molecular complexity index is 410. The molecule has 0 spiro atoms. The van der Waals surface area contributed by atoms with E-state index in [1.807, 2.05) is 11.3 Å². The maximum Gasteiger partial charge on any atom is 0.113 e. The highest BCUT2D eigenvalue weighted by molar-refractivity contribution is 7.11. The van der Waals surface area contributed by atoms with Crippen molar-refractivity contribution in [3.05, 3.63) is 15.6 Å². The molecule has 0 amide bonds. The first-order valence-electron chi connectivity index (χ1n) is 7.92. The van der Waals surface area contributed by atoms with Crippen LogP contribution in [-0.2, 0) is 18.4 Å². The Morgan fingerprint density at radius 2 is 1.84 bits per heavy atom. The lowest BCUT2D eigenvalue weighted by Gasteiger charge is -2.38. The van der Waals surface area contributed by atoms with Gasteiger partial charge in [-0.05, 0) is 58.4 Å². The lowest BCUT2D eigenvalue weighted by Crippen LogP contribution is -2.44. The van der Waals surface area contributed by atoms with Gasteiger partial charge in [0.2, 0.25) is 0 Å². The van der Waals surface area contributed by atoms with Crippen LogP contribution in [-0.4, -0.2) is 12.0 Å². The third kappa shape index (κ3) is 2.47. The van der Waals surface area contributed by atoms with Crippen molar-refractivity contribution in [2.24, 2.45) is 5.92 Å². The first-order valence-corrected chi connectivity index (χ1v) is 8.73. The van der Waals surface area contributed by atoms with E-state index in [1.54, 1.807) is 4.88 Å². The van der Waals surface area contributed by atoms with E-state index in [0.717, 1.165) is 5.92 Å². The third-order valence-corrected chi connectivity index (χ3v) is 6.63. The average Bonchev–Trinajstić information content (AvgIpc) is 2.92. The summed E-state index contributed by atoms with van der Waals surface area (Å²) < 4.78 is 0. The smallest absolute Gasteiger partial charge is 0.113 e. The summed E-state index contributed by atoms with van der Waals surface area (Å²) in [5.74, 6) is 0.763. The quantitative estimate of drug-likeness (QED) is 0.902. The summed E-state index contributed by atoms with van der Waals surface area (Å²) in [4.78, 5) is 6.59. The van der Waals surface area contributed by atoms with Crippen molar-refractivity contribution in [3.63, 3.8) is 0 Å². The van der Waals surface area contributed by atoms with Crippen molar-refractivity contribution >= 4 is 11.3 Å². The SMILES string of the molecule is CNC(C)(c1nc2c(s1)CCCC2)C1CCCCC1. The van der Waals surface area contributed by atoms with Crippen LogP contribution in [0.5, 0.6) is 0 Å². The number of fused-ring (bicyclic) bond motifs is 1. The summed E-state index contributed by atoms with van der Waals surface area (Å²) in [5, 5.41) is 4.98. The van der Waals surface area contributed by atoms with Crippen molar-refractivity contribution in [1.29, 1.82) is 0 Å². The van der Waals surface area contributed by atoms with Gasteiger partial charge >= 0.3 is 0 Å². The van der Waals surface area contributed by atoms with Crippen molar-refractivity contribution in [2.45, 2.75) is 70.3 Å². The second-order valence-corrected chi connectivity index (χ2v) is 7.47. The zero-order chi connectivity index (χ0) is 13.3. The fourth-order valence-corrected chi connectivity index (χ4v) is 5.12. The molecule has 2 aliphatic rings. The summed E-state index contributed by atoms with van der Waals surface area (Å²) in [7, 11) is 2.12. The molecule has 1 atom stereocenters. The van der Waals surface area contributed by atoms with Crippen molar-refractivity contribution in [2.75, 3.05) is 7.05 Å². The fourth-order valence-electron chi connectivity index (χ4n) is 3.74. The maximum absolute atomic E-state index is 5.02. The molecule has 2 nitrogen and oxygen atoms in total. The van der Waals surface area contributed by atoms with E-state index in [2.05, 4.69) is 19.3 Å². The molecule has 1 heterocycles. The van der Waals surface area contributed by atoms with Gasteiger partial charge in [-0.2, -0.15) is 0 Å². The zero-order valence-electron chi connectivity index (χ0n) is 12.3. The number of aryl methyl sites for hydroxylation is 2. The molecule has 2 aliphatic carbocycles. The highest BCUT2D eigenvalue weighted by Crippen LogP contribution is 2.42. The summed E-state index contributed by atoms with van der Waals surface area (Å²) in [6, 6.07) is 0.